The molecule has 1 aliphatic heterocycles. The molecule has 0 bridgehead atoms. The number of aryl methyl sites for hydroxylation is 1. The van der Waals surface area contributed by atoms with Gasteiger partial charge in [0.15, 0.2) is 0 Å². The Labute approximate surface area is 219 Å². The lowest BCUT2D eigenvalue weighted by Crippen LogP contribution is -2.65. The molecule has 9 heteroatoms. The summed E-state index contributed by atoms with van der Waals surface area (Å²) in [4.78, 5) is 36.8. The number of nitrogens with zero attached hydrogens (tertiary/aromatic N) is 2. The summed E-state index contributed by atoms with van der Waals surface area (Å²) >= 11 is 0. The molecule has 0 aromatic heterocycles. The van der Waals surface area contributed by atoms with Crippen LogP contribution in [0.25, 0.3) is 0 Å². The summed E-state index contributed by atoms with van der Waals surface area (Å²) in [6, 6.07) is 13.1. The highest BCUT2D eigenvalue weighted by Gasteiger charge is 2.44. The van der Waals surface area contributed by atoms with Crippen molar-refractivity contribution in [2.75, 3.05) is 19.7 Å². The quantitative estimate of drug-likeness (QED) is 0.159. The van der Waals surface area contributed by atoms with E-state index < -0.39 is 22.0 Å². The van der Waals surface area contributed by atoms with E-state index in [1.54, 1.807) is 36.4 Å². The van der Waals surface area contributed by atoms with Crippen LogP contribution in [0.5, 0.6) is 0 Å². The van der Waals surface area contributed by atoms with Crippen LogP contribution in [0, 0.1) is 5.82 Å². The predicted molar refractivity (Wildman–Crippen MR) is 140 cm³/mol. The molecule has 1 heterocycles. The maximum absolute atomic E-state index is 13.0. The molecular formula is C28H33FN2O5S. The number of rotatable bonds is 14. The number of hydrogen-bond donors (Lipinski definition) is 0. The Morgan fingerprint density at radius 2 is 1.73 bits per heavy atom. The van der Waals surface area contributed by atoms with Gasteiger partial charge < -0.3 is 4.74 Å². The number of halogens is 1. The molecule has 2 unspecified atom stereocenters. The molecule has 0 radical (unpaired) electrons. The fourth-order valence-corrected chi connectivity index (χ4v) is 5.43. The lowest BCUT2D eigenvalue weighted by molar-refractivity contribution is -0.173. The van der Waals surface area contributed by atoms with Gasteiger partial charge in [0.05, 0.1) is 12.1 Å². The van der Waals surface area contributed by atoms with Gasteiger partial charge in [-0.25, -0.2) is 14.2 Å². The number of hydrogen-bond acceptors (Lipinski definition) is 5. The molecular weight excluding hydrogens is 495 g/mol. The van der Waals surface area contributed by atoms with Gasteiger partial charge in [-0.05, 0) is 54.7 Å². The van der Waals surface area contributed by atoms with Crippen LogP contribution < -0.4 is 0 Å². The van der Waals surface area contributed by atoms with Gasteiger partial charge in [-0.1, -0.05) is 49.8 Å². The van der Waals surface area contributed by atoms with E-state index in [2.05, 4.69) is 6.58 Å². The SMILES string of the molecule is C=CCOC(=O)c1ccc(CS(=O)C2CN(N(CCCCCCc3ccc(F)cc3)C(C)=O)C2=O)cc1. The van der Waals surface area contributed by atoms with Crippen molar-refractivity contribution in [3.05, 3.63) is 83.7 Å². The third kappa shape index (κ3) is 8.08. The summed E-state index contributed by atoms with van der Waals surface area (Å²) in [6.07, 6.45) is 5.94. The maximum atomic E-state index is 13.0. The summed E-state index contributed by atoms with van der Waals surface area (Å²) in [5.74, 6) is -1.05. The summed E-state index contributed by atoms with van der Waals surface area (Å²) in [5, 5.41) is 2.18. The van der Waals surface area contributed by atoms with Crippen molar-refractivity contribution in [1.82, 2.24) is 10.0 Å². The van der Waals surface area contributed by atoms with Crippen molar-refractivity contribution in [1.29, 1.82) is 0 Å². The van der Waals surface area contributed by atoms with E-state index in [4.69, 9.17) is 4.74 Å². The Balaban J connectivity index is 1.40. The largest absolute Gasteiger partial charge is 0.458 e. The normalized spacial score (nSPS) is 15.6. The molecule has 0 spiro atoms. The maximum Gasteiger partial charge on any atom is 0.338 e. The minimum absolute atomic E-state index is 0.125. The Kier molecular flexibility index (Phi) is 10.6. The van der Waals surface area contributed by atoms with Crippen molar-refractivity contribution < 1.29 is 27.7 Å². The van der Waals surface area contributed by atoms with E-state index in [1.807, 2.05) is 0 Å². The molecule has 0 N–H and O–H groups in total. The molecule has 3 rings (SSSR count). The highest BCUT2D eigenvalue weighted by Crippen LogP contribution is 2.22. The van der Waals surface area contributed by atoms with Crippen LogP contribution in [0.2, 0.25) is 0 Å². The van der Waals surface area contributed by atoms with Crippen LogP contribution in [0.4, 0.5) is 4.39 Å². The average Bonchev–Trinajstić information content (AvgIpc) is 2.88. The monoisotopic (exact) mass is 528 g/mol. The number of amides is 2. The van der Waals surface area contributed by atoms with Gasteiger partial charge in [-0.15, -0.1) is 0 Å². The lowest BCUT2D eigenvalue weighted by Gasteiger charge is -2.44. The summed E-state index contributed by atoms with van der Waals surface area (Å²) < 4.78 is 30.8. The molecule has 2 aromatic rings. The lowest BCUT2D eigenvalue weighted by atomic mass is 10.1. The zero-order chi connectivity index (χ0) is 26.8. The summed E-state index contributed by atoms with van der Waals surface area (Å²) in [5.41, 5.74) is 2.22. The average molecular weight is 529 g/mol. The fraction of sp³-hybridized carbons (Fsp3) is 0.393. The zero-order valence-electron chi connectivity index (χ0n) is 21.1. The van der Waals surface area contributed by atoms with Crippen molar-refractivity contribution in [3.63, 3.8) is 0 Å². The Morgan fingerprint density at radius 3 is 2.35 bits per heavy atom. The van der Waals surface area contributed by atoms with Crippen LogP contribution in [-0.4, -0.2) is 57.0 Å². The highest BCUT2D eigenvalue weighted by molar-refractivity contribution is 7.85. The number of esters is 1. The molecule has 1 fully saturated rings. The van der Waals surface area contributed by atoms with Crippen LogP contribution in [0.3, 0.4) is 0 Å². The van der Waals surface area contributed by atoms with E-state index in [-0.39, 0.29) is 36.5 Å². The minimum atomic E-state index is -1.44. The molecule has 0 aliphatic carbocycles. The number of ether oxygens (including phenoxy) is 1. The van der Waals surface area contributed by atoms with Gasteiger partial charge in [0, 0.05) is 30.0 Å². The van der Waals surface area contributed by atoms with Gasteiger partial charge in [0.25, 0.3) is 5.91 Å². The number of benzene rings is 2. The van der Waals surface area contributed by atoms with Crippen LogP contribution in [0.1, 0.15) is 54.1 Å². The number of carbonyl (C=O) groups is 3. The van der Waals surface area contributed by atoms with Crippen LogP contribution in [0.15, 0.2) is 61.2 Å². The number of β-lactam (4-membered cyclic amide) rings is 1. The molecule has 37 heavy (non-hydrogen) atoms. The standard InChI is InChI=1S/C28H33FN2O5S/c1-3-18-36-28(34)24-13-9-23(10-14-24)20-37(35)26-19-31(27(26)33)30(21(2)32)17-7-5-4-6-8-22-11-15-25(29)16-12-22/h3,9-16,26H,1,4-8,17-20H2,2H3. The van der Waals surface area contributed by atoms with Gasteiger partial charge in [-0.3, -0.25) is 18.8 Å². The third-order valence-electron chi connectivity index (χ3n) is 6.17. The van der Waals surface area contributed by atoms with Crippen molar-refractivity contribution in [2.24, 2.45) is 0 Å². The molecule has 7 nitrogen and oxygen atoms in total. The second kappa shape index (κ2) is 13.8. The van der Waals surface area contributed by atoms with Crippen LogP contribution >= 0.6 is 0 Å². The van der Waals surface area contributed by atoms with E-state index in [1.165, 1.54) is 35.2 Å². The Bertz CT molecular complexity index is 1120. The zero-order valence-corrected chi connectivity index (χ0v) is 21.9. The number of unbranched alkanes of at least 4 members (excludes halogenated alkanes) is 3. The smallest absolute Gasteiger partial charge is 0.338 e. The first-order valence-electron chi connectivity index (χ1n) is 12.4. The summed E-state index contributed by atoms with van der Waals surface area (Å²) in [7, 11) is -1.44. The molecule has 1 aliphatic rings. The van der Waals surface area contributed by atoms with E-state index in [0.29, 0.717) is 12.1 Å². The van der Waals surface area contributed by atoms with Crippen molar-refractivity contribution in [2.45, 2.75) is 50.0 Å². The second-order valence-corrected chi connectivity index (χ2v) is 10.6. The fourth-order valence-electron chi connectivity index (χ4n) is 4.06. The second-order valence-electron chi connectivity index (χ2n) is 8.95. The molecule has 2 atom stereocenters. The number of hydrazine groups is 1. The molecule has 2 amide bonds. The molecule has 198 valence electrons. The Hall–Kier alpha value is -3.33. The first kappa shape index (κ1) is 28.2. The van der Waals surface area contributed by atoms with Gasteiger partial charge in [0.1, 0.15) is 17.7 Å². The first-order valence-corrected chi connectivity index (χ1v) is 13.8. The van der Waals surface area contributed by atoms with Crippen molar-refractivity contribution in [3.8, 4) is 0 Å². The van der Waals surface area contributed by atoms with Crippen molar-refractivity contribution >= 4 is 28.6 Å². The van der Waals surface area contributed by atoms with Gasteiger partial charge >= 0.3 is 5.97 Å². The van der Waals surface area contributed by atoms with Gasteiger partial charge in [0.2, 0.25) is 5.91 Å². The van der Waals surface area contributed by atoms with E-state index in [0.717, 1.165) is 43.2 Å². The topological polar surface area (TPSA) is 84.0 Å². The van der Waals surface area contributed by atoms with E-state index in [9.17, 15) is 23.0 Å². The number of carbonyl (C=O) groups excluding carboxylic acids is 3. The molecule has 2 aromatic carbocycles. The Morgan fingerprint density at radius 1 is 1.08 bits per heavy atom. The van der Waals surface area contributed by atoms with Crippen LogP contribution in [-0.2, 0) is 37.3 Å². The third-order valence-corrected chi connectivity index (χ3v) is 7.77. The van der Waals surface area contributed by atoms with Gasteiger partial charge in [-0.2, -0.15) is 0 Å². The highest BCUT2D eigenvalue weighted by atomic mass is 32.2. The first-order chi connectivity index (χ1) is 17.8. The summed E-state index contributed by atoms with van der Waals surface area (Å²) in [6.45, 7) is 5.72. The minimum Gasteiger partial charge on any atom is -0.458 e. The molecule has 0 saturated carbocycles. The predicted octanol–water partition coefficient (Wildman–Crippen LogP) is 4.19. The molecule has 1 saturated heterocycles. The van der Waals surface area contributed by atoms with E-state index >= 15 is 0 Å².